The zero-order chi connectivity index (χ0) is 16.4. The van der Waals surface area contributed by atoms with Crippen LogP contribution in [0.2, 0.25) is 0 Å². The van der Waals surface area contributed by atoms with Crippen molar-refractivity contribution in [3.8, 4) is 11.5 Å². The Bertz CT molecular complexity index is 698. The lowest BCUT2D eigenvalue weighted by Gasteiger charge is -2.44. The highest BCUT2D eigenvalue weighted by Gasteiger charge is 2.37. The van der Waals surface area contributed by atoms with Crippen molar-refractivity contribution in [1.82, 2.24) is 0 Å². The lowest BCUT2D eigenvalue weighted by Crippen LogP contribution is -2.50. The zero-order valence-electron chi connectivity index (χ0n) is 13.6. The van der Waals surface area contributed by atoms with E-state index in [-0.39, 0.29) is 17.2 Å². The summed E-state index contributed by atoms with van der Waals surface area (Å²) in [5, 5.41) is 9.77. The number of aromatic hydroxyl groups is 1. The van der Waals surface area contributed by atoms with Crippen LogP contribution < -0.4 is 9.64 Å². The van der Waals surface area contributed by atoms with Crippen LogP contribution in [0.3, 0.4) is 0 Å². The Morgan fingerprint density at radius 2 is 1.96 bits per heavy atom. The third kappa shape index (κ3) is 3.11. The molecular weight excluding hydrogens is 293 g/mol. The highest BCUT2D eigenvalue weighted by Crippen LogP contribution is 2.42. The number of hydrogen-bond donors (Lipinski definition) is 1. The van der Waals surface area contributed by atoms with E-state index in [4.69, 9.17) is 4.74 Å². The highest BCUT2D eigenvalue weighted by molar-refractivity contribution is 5.63. The smallest absolute Gasteiger partial charge is 0.147 e. The largest absolute Gasteiger partial charge is 0.508 e. The van der Waals surface area contributed by atoms with Gasteiger partial charge in [0.1, 0.15) is 22.9 Å². The van der Waals surface area contributed by atoms with Gasteiger partial charge in [0.15, 0.2) is 0 Å². The van der Waals surface area contributed by atoms with Crippen LogP contribution in [0.4, 0.5) is 10.1 Å². The van der Waals surface area contributed by atoms with Gasteiger partial charge in [-0.2, -0.15) is 0 Å². The van der Waals surface area contributed by atoms with Crippen molar-refractivity contribution in [3.63, 3.8) is 0 Å². The van der Waals surface area contributed by atoms with Crippen LogP contribution in [0, 0.1) is 5.82 Å². The topological polar surface area (TPSA) is 32.7 Å². The molecule has 1 heterocycles. The third-order valence-electron chi connectivity index (χ3n) is 4.64. The van der Waals surface area contributed by atoms with Gasteiger partial charge in [0.05, 0.1) is 12.2 Å². The van der Waals surface area contributed by atoms with Crippen LogP contribution in [-0.2, 0) is 6.54 Å². The lowest BCUT2D eigenvalue weighted by molar-refractivity contribution is 0.0568. The molecule has 1 N–H and O–H groups in total. The van der Waals surface area contributed by atoms with E-state index in [2.05, 4.69) is 18.7 Å². The first-order chi connectivity index (χ1) is 11.0. The molecule has 122 valence electrons. The number of anilines is 1. The van der Waals surface area contributed by atoms with Gasteiger partial charge in [0.25, 0.3) is 0 Å². The molecule has 2 aromatic rings. The summed E-state index contributed by atoms with van der Waals surface area (Å²) in [6.07, 6.45) is 1.75. The van der Waals surface area contributed by atoms with Crippen LogP contribution in [0.15, 0.2) is 42.5 Å². The van der Waals surface area contributed by atoms with Crippen molar-refractivity contribution in [1.29, 1.82) is 0 Å². The molecule has 4 heteroatoms. The molecule has 0 aliphatic carbocycles. The predicted octanol–water partition coefficient (Wildman–Crippen LogP) is 4.49. The first kappa shape index (κ1) is 15.7. The Labute approximate surface area is 136 Å². The maximum Gasteiger partial charge on any atom is 0.147 e. The molecular formula is C19H22FNO2. The number of phenols is 1. The van der Waals surface area contributed by atoms with Crippen molar-refractivity contribution >= 4 is 5.69 Å². The molecule has 0 spiro atoms. The van der Waals surface area contributed by atoms with E-state index in [1.54, 1.807) is 24.3 Å². The standard InChI is InChI=1S/C19H22FNO2/c1-3-19(4-2)13-21(12-14-6-5-7-15(20)10-14)17-9-8-16(22)11-18(17)23-19/h5-11,22H,3-4,12-13H2,1-2H3. The normalized spacial score (nSPS) is 15.9. The molecule has 1 aliphatic rings. The van der Waals surface area contributed by atoms with Crippen LogP contribution in [0.1, 0.15) is 32.3 Å². The van der Waals surface area contributed by atoms with Gasteiger partial charge in [-0.15, -0.1) is 0 Å². The van der Waals surface area contributed by atoms with Crippen molar-refractivity contribution in [2.24, 2.45) is 0 Å². The predicted molar refractivity (Wildman–Crippen MR) is 89.5 cm³/mol. The highest BCUT2D eigenvalue weighted by atomic mass is 19.1. The maximum atomic E-state index is 13.5. The minimum absolute atomic E-state index is 0.192. The van der Waals surface area contributed by atoms with Crippen LogP contribution in [0.25, 0.3) is 0 Å². The molecule has 1 aliphatic heterocycles. The second-order valence-electron chi connectivity index (χ2n) is 6.13. The molecule has 0 fully saturated rings. The summed E-state index contributed by atoms with van der Waals surface area (Å²) in [6, 6.07) is 11.9. The van der Waals surface area contributed by atoms with Crippen molar-refractivity contribution in [2.75, 3.05) is 11.4 Å². The van der Waals surface area contributed by atoms with E-state index in [9.17, 15) is 9.50 Å². The molecule has 0 amide bonds. The Morgan fingerprint density at radius 3 is 2.65 bits per heavy atom. The number of phenolic OH excluding ortho intramolecular Hbond substituents is 1. The second-order valence-corrected chi connectivity index (χ2v) is 6.13. The lowest BCUT2D eigenvalue weighted by atomic mass is 9.93. The van der Waals surface area contributed by atoms with E-state index in [1.807, 2.05) is 12.1 Å². The van der Waals surface area contributed by atoms with Crippen LogP contribution >= 0.6 is 0 Å². The molecule has 0 saturated carbocycles. The number of benzene rings is 2. The van der Waals surface area contributed by atoms with Crippen LogP contribution in [-0.4, -0.2) is 17.3 Å². The summed E-state index contributed by atoms with van der Waals surface area (Å²) in [7, 11) is 0. The number of fused-ring (bicyclic) bond motifs is 1. The molecule has 0 saturated heterocycles. The van der Waals surface area contributed by atoms with Gasteiger partial charge in [-0.05, 0) is 42.7 Å². The number of rotatable bonds is 4. The molecule has 3 nitrogen and oxygen atoms in total. The van der Waals surface area contributed by atoms with Gasteiger partial charge in [-0.25, -0.2) is 4.39 Å². The van der Waals surface area contributed by atoms with Gasteiger partial charge in [-0.3, -0.25) is 0 Å². The fourth-order valence-corrected chi connectivity index (χ4v) is 3.16. The average molecular weight is 315 g/mol. The van der Waals surface area contributed by atoms with Crippen molar-refractivity contribution in [2.45, 2.75) is 38.8 Å². The summed E-state index contributed by atoms with van der Waals surface area (Å²) in [5.74, 6) is 0.660. The van der Waals surface area contributed by atoms with Crippen molar-refractivity contribution < 1.29 is 14.2 Å². The first-order valence-electron chi connectivity index (χ1n) is 8.06. The summed E-state index contributed by atoms with van der Waals surface area (Å²) < 4.78 is 19.7. The van der Waals surface area contributed by atoms with Crippen LogP contribution in [0.5, 0.6) is 11.5 Å². The minimum Gasteiger partial charge on any atom is -0.508 e. The molecule has 0 atom stereocenters. The maximum absolute atomic E-state index is 13.5. The molecule has 3 rings (SSSR count). The third-order valence-corrected chi connectivity index (χ3v) is 4.64. The Kier molecular flexibility index (Phi) is 4.16. The first-order valence-corrected chi connectivity index (χ1v) is 8.06. The van der Waals surface area contributed by atoms with E-state index < -0.39 is 0 Å². The number of hydrogen-bond acceptors (Lipinski definition) is 3. The van der Waals surface area contributed by atoms with Gasteiger partial charge in [-0.1, -0.05) is 26.0 Å². The van der Waals surface area contributed by atoms with E-state index in [0.717, 1.165) is 30.6 Å². The number of nitrogens with zero attached hydrogens (tertiary/aromatic N) is 1. The number of ether oxygens (including phenoxy) is 1. The fourth-order valence-electron chi connectivity index (χ4n) is 3.16. The van der Waals surface area contributed by atoms with E-state index in [0.29, 0.717) is 12.3 Å². The Morgan fingerprint density at radius 1 is 1.17 bits per heavy atom. The van der Waals surface area contributed by atoms with Gasteiger partial charge >= 0.3 is 0 Å². The molecule has 2 aromatic carbocycles. The quantitative estimate of drug-likeness (QED) is 0.902. The van der Waals surface area contributed by atoms with Gasteiger partial charge < -0.3 is 14.7 Å². The Hall–Kier alpha value is -2.23. The van der Waals surface area contributed by atoms with Gasteiger partial charge in [0, 0.05) is 12.6 Å². The summed E-state index contributed by atoms with van der Waals surface area (Å²) in [4.78, 5) is 2.21. The monoisotopic (exact) mass is 315 g/mol. The fraction of sp³-hybridized carbons (Fsp3) is 0.368. The van der Waals surface area contributed by atoms with E-state index >= 15 is 0 Å². The second kappa shape index (κ2) is 6.11. The SMILES string of the molecule is CCC1(CC)CN(Cc2cccc(F)c2)c2ccc(O)cc2O1. The molecule has 23 heavy (non-hydrogen) atoms. The van der Waals surface area contributed by atoms with Gasteiger partial charge in [0.2, 0.25) is 0 Å². The molecule has 0 unspecified atom stereocenters. The minimum atomic E-state index is -0.284. The number of halogens is 1. The zero-order valence-corrected chi connectivity index (χ0v) is 13.6. The molecule has 0 aromatic heterocycles. The summed E-state index contributed by atoms with van der Waals surface area (Å²) >= 11 is 0. The molecule has 0 bridgehead atoms. The van der Waals surface area contributed by atoms with Crippen molar-refractivity contribution in [3.05, 3.63) is 53.8 Å². The Balaban J connectivity index is 1.98. The molecule has 0 radical (unpaired) electrons. The summed E-state index contributed by atoms with van der Waals surface area (Å²) in [5.41, 5.74) is 1.57. The van der Waals surface area contributed by atoms with E-state index in [1.165, 1.54) is 6.07 Å². The summed E-state index contributed by atoms with van der Waals surface area (Å²) in [6.45, 7) is 5.57. The average Bonchev–Trinajstić information content (AvgIpc) is 2.54.